The second-order valence-corrected chi connectivity index (χ2v) is 7.75. The van der Waals surface area contributed by atoms with Crippen molar-refractivity contribution in [3.63, 3.8) is 0 Å². The van der Waals surface area contributed by atoms with Gasteiger partial charge in [-0.3, -0.25) is 4.72 Å². The van der Waals surface area contributed by atoms with E-state index < -0.39 is 38.4 Å². The van der Waals surface area contributed by atoms with Crippen LogP contribution >= 0.6 is 11.6 Å². The number of sulfonamides is 1. The van der Waals surface area contributed by atoms with Gasteiger partial charge in [-0.15, -0.1) is 0 Å². The fourth-order valence-corrected chi connectivity index (χ4v) is 4.53. The molecular weight excluding hydrogens is 377 g/mol. The van der Waals surface area contributed by atoms with Crippen molar-refractivity contribution >= 4 is 27.3 Å². The lowest BCUT2D eigenvalue weighted by molar-refractivity contribution is 0.451. The van der Waals surface area contributed by atoms with Gasteiger partial charge in [-0.2, -0.15) is 18.2 Å². The Bertz CT molecular complexity index is 937. The predicted octanol–water partition coefficient (Wildman–Crippen LogP) is 4.50. The number of hydrogen-bond acceptors (Lipinski definition) is 3. The summed E-state index contributed by atoms with van der Waals surface area (Å²) >= 11 is 5.56. The zero-order chi connectivity index (χ0) is 19.3. The minimum atomic E-state index is -4.35. The van der Waals surface area contributed by atoms with Gasteiger partial charge in [-0.1, -0.05) is 11.6 Å². The molecule has 0 aliphatic carbocycles. The molecule has 4 nitrogen and oxygen atoms in total. The zero-order valence-electron chi connectivity index (χ0n) is 14.2. The van der Waals surface area contributed by atoms with Crippen molar-refractivity contribution in [1.82, 2.24) is 4.98 Å². The van der Waals surface area contributed by atoms with Gasteiger partial charge >= 0.3 is 0 Å². The van der Waals surface area contributed by atoms with Crippen LogP contribution in [0.25, 0.3) is 0 Å². The molecule has 0 aliphatic heterocycles. The number of nitrogens with zero attached hydrogens (tertiary/aromatic N) is 1. The summed E-state index contributed by atoms with van der Waals surface area (Å²) in [5.74, 6) is -4.97. The maximum absolute atomic E-state index is 13.9. The van der Waals surface area contributed by atoms with Gasteiger partial charge in [0.25, 0.3) is 16.0 Å². The fourth-order valence-electron chi connectivity index (χ4n) is 2.63. The number of halogens is 4. The molecule has 0 atom stereocenters. The first-order valence-corrected chi connectivity index (χ1v) is 9.06. The van der Waals surface area contributed by atoms with Crippen LogP contribution in [0.3, 0.4) is 0 Å². The summed E-state index contributed by atoms with van der Waals surface area (Å²) in [5.41, 5.74) is 2.34. The van der Waals surface area contributed by atoms with Crippen LogP contribution in [0.15, 0.2) is 4.90 Å². The predicted molar refractivity (Wildman–Crippen MR) is 90.1 cm³/mol. The summed E-state index contributed by atoms with van der Waals surface area (Å²) in [5, 5.41) is -0.946. The minimum Gasteiger partial charge on any atom is -0.275 e. The SMILES string of the molecule is Cc1c(C)c(C)c(S(=O)(=O)Nc2c(F)c(F)nc(F)c2Cl)c(C)c1C. The molecule has 0 bridgehead atoms. The number of rotatable bonds is 3. The van der Waals surface area contributed by atoms with E-state index in [1.807, 2.05) is 11.6 Å². The maximum Gasteiger partial charge on any atom is 0.262 e. The maximum atomic E-state index is 13.9. The molecule has 0 radical (unpaired) electrons. The van der Waals surface area contributed by atoms with Crippen molar-refractivity contribution in [1.29, 1.82) is 0 Å². The molecule has 2 aromatic rings. The lowest BCUT2D eigenvalue weighted by atomic mass is 9.95. The van der Waals surface area contributed by atoms with Crippen molar-refractivity contribution in [3.8, 4) is 0 Å². The average Bonchev–Trinajstić information content (AvgIpc) is 2.53. The fraction of sp³-hybridized carbons (Fsp3) is 0.312. The zero-order valence-corrected chi connectivity index (χ0v) is 15.8. The van der Waals surface area contributed by atoms with Crippen LogP contribution in [0.4, 0.5) is 18.9 Å². The summed E-state index contributed by atoms with van der Waals surface area (Å²) in [4.78, 5) is 2.55. The van der Waals surface area contributed by atoms with E-state index >= 15 is 0 Å². The first-order valence-electron chi connectivity index (χ1n) is 7.19. The summed E-state index contributed by atoms with van der Waals surface area (Å²) < 4.78 is 68.1. The van der Waals surface area contributed by atoms with Gasteiger partial charge in [0.05, 0.1) is 4.90 Å². The summed E-state index contributed by atoms with van der Waals surface area (Å²) in [7, 11) is -4.35. The molecule has 0 fully saturated rings. The van der Waals surface area contributed by atoms with Crippen LogP contribution in [-0.4, -0.2) is 13.4 Å². The Hall–Kier alpha value is -1.80. The van der Waals surface area contributed by atoms with E-state index in [4.69, 9.17) is 11.6 Å². The number of anilines is 1. The largest absolute Gasteiger partial charge is 0.275 e. The molecule has 136 valence electrons. The topological polar surface area (TPSA) is 59.1 Å². The Balaban J connectivity index is 2.72. The van der Waals surface area contributed by atoms with Gasteiger partial charge in [-0.25, -0.2) is 8.42 Å². The Morgan fingerprint density at radius 2 is 1.28 bits per heavy atom. The molecular formula is C16H16ClF3N2O2S. The van der Waals surface area contributed by atoms with E-state index in [9.17, 15) is 21.6 Å². The van der Waals surface area contributed by atoms with Crippen LogP contribution in [0.5, 0.6) is 0 Å². The second-order valence-electron chi connectivity index (χ2n) is 5.76. The Labute approximate surface area is 149 Å². The van der Waals surface area contributed by atoms with E-state index in [1.165, 1.54) is 0 Å². The number of benzene rings is 1. The van der Waals surface area contributed by atoms with Crippen LogP contribution in [0, 0.1) is 52.3 Å². The lowest BCUT2D eigenvalue weighted by Gasteiger charge is -2.20. The third kappa shape index (κ3) is 3.20. The van der Waals surface area contributed by atoms with Gasteiger partial charge in [0, 0.05) is 0 Å². The third-order valence-corrected chi connectivity index (χ3v) is 6.40. The molecule has 1 heterocycles. The molecule has 9 heteroatoms. The highest BCUT2D eigenvalue weighted by molar-refractivity contribution is 7.92. The van der Waals surface area contributed by atoms with Gasteiger partial charge in [0.15, 0.2) is 0 Å². The summed E-state index contributed by atoms with van der Waals surface area (Å²) in [6.45, 7) is 8.59. The number of hydrogen-bond donors (Lipinski definition) is 1. The minimum absolute atomic E-state index is 0.0822. The summed E-state index contributed by atoms with van der Waals surface area (Å²) in [6, 6.07) is 0. The molecule has 1 aromatic carbocycles. The number of nitrogens with one attached hydrogen (secondary N) is 1. The molecule has 0 saturated carbocycles. The molecule has 0 amide bonds. The molecule has 0 spiro atoms. The normalized spacial score (nSPS) is 11.7. The molecule has 2 rings (SSSR count). The van der Waals surface area contributed by atoms with Crippen LogP contribution < -0.4 is 4.72 Å². The number of pyridine rings is 1. The van der Waals surface area contributed by atoms with Crippen molar-refractivity contribution in [3.05, 3.63) is 50.6 Å². The van der Waals surface area contributed by atoms with Crippen molar-refractivity contribution in [2.24, 2.45) is 0 Å². The van der Waals surface area contributed by atoms with Crippen molar-refractivity contribution < 1.29 is 21.6 Å². The molecule has 1 N–H and O–H groups in total. The third-order valence-electron chi connectivity index (χ3n) is 4.43. The van der Waals surface area contributed by atoms with Crippen LogP contribution in [-0.2, 0) is 10.0 Å². The smallest absolute Gasteiger partial charge is 0.262 e. The van der Waals surface area contributed by atoms with Crippen LogP contribution in [0.1, 0.15) is 27.8 Å². The highest BCUT2D eigenvalue weighted by Crippen LogP contribution is 2.34. The van der Waals surface area contributed by atoms with E-state index in [-0.39, 0.29) is 4.90 Å². The van der Waals surface area contributed by atoms with Gasteiger partial charge in [0.1, 0.15) is 10.7 Å². The first-order chi connectivity index (χ1) is 11.4. The monoisotopic (exact) mass is 392 g/mol. The molecule has 0 aliphatic rings. The number of aromatic nitrogens is 1. The molecule has 0 saturated heterocycles. The van der Waals surface area contributed by atoms with Gasteiger partial charge < -0.3 is 0 Å². The van der Waals surface area contributed by atoms with Gasteiger partial charge in [-0.05, 0) is 62.4 Å². The second kappa shape index (κ2) is 6.49. The highest BCUT2D eigenvalue weighted by atomic mass is 35.5. The van der Waals surface area contributed by atoms with Gasteiger partial charge in [0.2, 0.25) is 11.8 Å². The average molecular weight is 393 g/mol. The lowest BCUT2D eigenvalue weighted by Crippen LogP contribution is -2.19. The van der Waals surface area contributed by atoms with E-state index in [2.05, 4.69) is 4.98 Å². The first kappa shape index (κ1) is 19.5. The Morgan fingerprint density at radius 1 is 0.840 bits per heavy atom. The molecule has 1 aromatic heterocycles. The van der Waals surface area contributed by atoms with Crippen molar-refractivity contribution in [2.45, 2.75) is 39.5 Å². The van der Waals surface area contributed by atoms with E-state index in [0.717, 1.165) is 16.7 Å². The molecule has 0 unspecified atom stereocenters. The standard InChI is InChI=1S/C16H16ClF3N2O2S/c1-6-7(2)9(4)14(10(5)8(6)3)25(23,24)22-13-11(17)15(19)21-16(20)12(13)18/h1-5H3,(H,21,22). The summed E-state index contributed by atoms with van der Waals surface area (Å²) in [6.07, 6.45) is 0. The van der Waals surface area contributed by atoms with E-state index in [1.54, 1.807) is 27.7 Å². The van der Waals surface area contributed by atoms with E-state index in [0.29, 0.717) is 11.1 Å². The van der Waals surface area contributed by atoms with Crippen LogP contribution in [0.2, 0.25) is 5.02 Å². The Kier molecular flexibility index (Phi) is 5.07. The highest BCUT2D eigenvalue weighted by Gasteiger charge is 2.28. The Morgan fingerprint density at radius 3 is 1.76 bits per heavy atom. The van der Waals surface area contributed by atoms with Crippen molar-refractivity contribution in [2.75, 3.05) is 4.72 Å². The molecule has 25 heavy (non-hydrogen) atoms. The quantitative estimate of drug-likeness (QED) is 0.782.